The van der Waals surface area contributed by atoms with Crippen LogP contribution in [0.2, 0.25) is 0 Å². The van der Waals surface area contributed by atoms with E-state index in [4.69, 9.17) is 10.5 Å². The lowest BCUT2D eigenvalue weighted by Gasteiger charge is -2.12. The fraction of sp³-hybridized carbons (Fsp3) is 0.364. The van der Waals surface area contributed by atoms with Crippen molar-refractivity contribution in [3.05, 3.63) is 65.0 Å². The van der Waals surface area contributed by atoms with Crippen LogP contribution in [0.3, 0.4) is 0 Å². The number of guanidine groups is 1. The van der Waals surface area contributed by atoms with E-state index in [1.54, 1.807) is 6.07 Å². The van der Waals surface area contributed by atoms with Crippen LogP contribution in [0, 0.1) is 12.7 Å². The summed E-state index contributed by atoms with van der Waals surface area (Å²) in [4.78, 5) is 15.3. The number of hydrogen-bond acceptors (Lipinski definition) is 3. The summed E-state index contributed by atoms with van der Waals surface area (Å²) in [5, 5.41) is 6.55. The van der Waals surface area contributed by atoms with E-state index in [0.29, 0.717) is 12.3 Å². The number of nitrogens with two attached hydrogens (primary N) is 1. The lowest BCUT2D eigenvalue weighted by molar-refractivity contribution is -0.119. The molecule has 0 bridgehead atoms. The van der Waals surface area contributed by atoms with Gasteiger partial charge in [-0.05, 0) is 67.6 Å². The molecule has 0 fully saturated rings. The number of nitrogens with zero attached hydrogens (tertiary/aromatic N) is 1. The van der Waals surface area contributed by atoms with Crippen molar-refractivity contribution in [3.63, 3.8) is 0 Å². The fourth-order valence-electron chi connectivity index (χ4n) is 2.80. The summed E-state index contributed by atoms with van der Waals surface area (Å²) in [7, 11) is 0. The molecule has 2 aromatic carbocycles. The second-order valence-electron chi connectivity index (χ2n) is 6.66. The molecule has 6 nitrogen and oxygen atoms in total. The van der Waals surface area contributed by atoms with Crippen LogP contribution in [0.4, 0.5) is 4.39 Å². The van der Waals surface area contributed by atoms with Crippen LogP contribution in [0.1, 0.15) is 23.6 Å². The van der Waals surface area contributed by atoms with Gasteiger partial charge in [-0.25, -0.2) is 4.39 Å². The summed E-state index contributed by atoms with van der Waals surface area (Å²) in [6, 6.07) is 12.4. The van der Waals surface area contributed by atoms with E-state index in [9.17, 15) is 9.18 Å². The molecule has 0 heterocycles. The standard InChI is InChI=1S/C22H29FN4O2.HI/c1-3-25-22(27-13-11-18-6-7-19(23)14-16(18)2)26-12-10-17-4-8-20(9-5-17)29-15-21(24)28;/h4-9,14H,3,10-13,15H2,1-2H3,(H2,24,28)(H2,25,26,27);1H. The second kappa shape index (κ2) is 13.8. The first kappa shape index (κ1) is 25.7. The van der Waals surface area contributed by atoms with Crippen molar-refractivity contribution >= 4 is 35.8 Å². The third-order valence-corrected chi connectivity index (χ3v) is 4.31. The Morgan fingerprint density at radius 1 is 1.13 bits per heavy atom. The number of aliphatic imine (C=N–C) groups is 1. The summed E-state index contributed by atoms with van der Waals surface area (Å²) >= 11 is 0. The van der Waals surface area contributed by atoms with Gasteiger partial charge in [0, 0.05) is 19.6 Å². The molecule has 1 amide bonds. The van der Waals surface area contributed by atoms with Crippen molar-refractivity contribution in [2.45, 2.75) is 26.7 Å². The molecule has 8 heteroatoms. The van der Waals surface area contributed by atoms with Crippen molar-refractivity contribution in [3.8, 4) is 5.75 Å². The van der Waals surface area contributed by atoms with Gasteiger partial charge >= 0.3 is 0 Å². The highest BCUT2D eigenvalue weighted by atomic mass is 127. The number of amides is 1. The summed E-state index contributed by atoms with van der Waals surface area (Å²) in [6.07, 6.45) is 1.58. The average molecular weight is 528 g/mol. The topological polar surface area (TPSA) is 88.7 Å². The molecule has 0 spiro atoms. The zero-order valence-electron chi connectivity index (χ0n) is 17.4. The van der Waals surface area contributed by atoms with Crippen molar-refractivity contribution < 1.29 is 13.9 Å². The molecule has 0 aliphatic rings. The van der Waals surface area contributed by atoms with E-state index >= 15 is 0 Å². The van der Waals surface area contributed by atoms with E-state index < -0.39 is 5.91 Å². The van der Waals surface area contributed by atoms with Gasteiger partial charge in [-0.2, -0.15) is 0 Å². The maximum absolute atomic E-state index is 13.2. The Morgan fingerprint density at radius 2 is 1.87 bits per heavy atom. The lowest BCUT2D eigenvalue weighted by Crippen LogP contribution is -2.38. The summed E-state index contributed by atoms with van der Waals surface area (Å²) < 4.78 is 18.4. The molecule has 2 aromatic rings. The van der Waals surface area contributed by atoms with E-state index in [0.717, 1.165) is 48.6 Å². The minimum absolute atomic E-state index is 0. The molecule has 164 valence electrons. The highest BCUT2D eigenvalue weighted by Crippen LogP contribution is 2.12. The zero-order chi connectivity index (χ0) is 21.1. The van der Waals surface area contributed by atoms with Gasteiger partial charge in [0.1, 0.15) is 11.6 Å². The molecule has 4 N–H and O–H groups in total. The Balaban J connectivity index is 0.00000450. The maximum atomic E-state index is 13.2. The minimum atomic E-state index is -0.497. The van der Waals surface area contributed by atoms with Crippen molar-refractivity contribution in [2.24, 2.45) is 10.7 Å². The minimum Gasteiger partial charge on any atom is -0.484 e. The molecular weight excluding hydrogens is 498 g/mol. The summed E-state index contributed by atoms with van der Waals surface area (Å²) in [5.41, 5.74) is 8.25. The second-order valence-corrected chi connectivity index (χ2v) is 6.66. The Labute approximate surface area is 194 Å². The zero-order valence-corrected chi connectivity index (χ0v) is 19.7. The molecule has 2 rings (SSSR count). The highest BCUT2D eigenvalue weighted by Gasteiger charge is 2.02. The van der Waals surface area contributed by atoms with Gasteiger partial charge in [-0.1, -0.05) is 18.2 Å². The largest absolute Gasteiger partial charge is 0.484 e. The van der Waals surface area contributed by atoms with Crippen LogP contribution < -0.4 is 21.1 Å². The summed E-state index contributed by atoms with van der Waals surface area (Å²) in [5.74, 6) is 0.667. The van der Waals surface area contributed by atoms with Crippen LogP contribution in [-0.2, 0) is 17.6 Å². The Morgan fingerprint density at radius 3 is 2.50 bits per heavy atom. The van der Waals surface area contributed by atoms with Gasteiger partial charge in [0.15, 0.2) is 12.6 Å². The number of primary amides is 1. The smallest absolute Gasteiger partial charge is 0.255 e. The van der Waals surface area contributed by atoms with E-state index in [2.05, 4.69) is 15.6 Å². The quantitative estimate of drug-likeness (QED) is 0.252. The first-order chi connectivity index (χ1) is 14.0. The number of halogens is 2. The van der Waals surface area contributed by atoms with Crippen LogP contribution in [-0.4, -0.2) is 38.1 Å². The van der Waals surface area contributed by atoms with Gasteiger partial charge in [-0.3, -0.25) is 9.79 Å². The first-order valence-electron chi connectivity index (χ1n) is 9.75. The fourth-order valence-corrected chi connectivity index (χ4v) is 2.80. The van der Waals surface area contributed by atoms with Crippen molar-refractivity contribution in [1.29, 1.82) is 0 Å². The SMILES string of the molecule is CCNC(=NCCc1ccc(F)cc1C)NCCc1ccc(OCC(N)=O)cc1.I. The maximum Gasteiger partial charge on any atom is 0.255 e. The molecule has 0 unspecified atom stereocenters. The Hall–Kier alpha value is -2.36. The molecule has 0 atom stereocenters. The third kappa shape index (κ3) is 9.43. The molecule has 0 aromatic heterocycles. The van der Waals surface area contributed by atoms with E-state index in [1.807, 2.05) is 44.2 Å². The lowest BCUT2D eigenvalue weighted by atomic mass is 10.1. The summed E-state index contributed by atoms with van der Waals surface area (Å²) in [6.45, 7) is 5.92. The predicted octanol–water partition coefficient (Wildman–Crippen LogP) is 2.96. The molecule has 0 saturated carbocycles. The van der Waals surface area contributed by atoms with Gasteiger partial charge < -0.3 is 21.1 Å². The van der Waals surface area contributed by atoms with Crippen molar-refractivity contribution in [2.75, 3.05) is 26.2 Å². The molecule has 0 radical (unpaired) electrons. The molecule has 30 heavy (non-hydrogen) atoms. The molecule has 0 saturated heterocycles. The number of nitrogens with one attached hydrogen (secondary N) is 2. The number of ether oxygens (including phenoxy) is 1. The number of carbonyl (C=O) groups excluding carboxylic acids is 1. The van der Waals surface area contributed by atoms with Gasteiger partial charge in [-0.15, -0.1) is 24.0 Å². The first-order valence-corrected chi connectivity index (χ1v) is 9.75. The van der Waals surface area contributed by atoms with E-state index in [-0.39, 0.29) is 36.4 Å². The van der Waals surface area contributed by atoms with Crippen LogP contribution in [0.5, 0.6) is 5.75 Å². The van der Waals surface area contributed by atoms with Gasteiger partial charge in [0.05, 0.1) is 0 Å². The molecular formula is C22H30FIN4O2. The number of aryl methyl sites for hydroxylation is 1. The van der Waals surface area contributed by atoms with Gasteiger partial charge in [0.25, 0.3) is 5.91 Å². The predicted molar refractivity (Wildman–Crippen MR) is 129 cm³/mol. The number of benzene rings is 2. The number of carbonyl (C=O) groups is 1. The Kier molecular flexibility index (Phi) is 11.8. The Bertz CT molecular complexity index is 828. The van der Waals surface area contributed by atoms with Crippen LogP contribution >= 0.6 is 24.0 Å². The average Bonchev–Trinajstić information content (AvgIpc) is 2.69. The highest BCUT2D eigenvalue weighted by molar-refractivity contribution is 14.0. The number of rotatable bonds is 10. The number of hydrogen-bond donors (Lipinski definition) is 3. The van der Waals surface area contributed by atoms with Crippen molar-refractivity contribution in [1.82, 2.24) is 10.6 Å². The normalized spacial score (nSPS) is 10.8. The van der Waals surface area contributed by atoms with Gasteiger partial charge in [0.2, 0.25) is 0 Å². The third-order valence-electron chi connectivity index (χ3n) is 4.31. The van der Waals surface area contributed by atoms with Crippen LogP contribution in [0.25, 0.3) is 0 Å². The molecule has 0 aliphatic carbocycles. The molecule has 0 aliphatic heterocycles. The van der Waals surface area contributed by atoms with Crippen LogP contribution in [0.15, 0.2) is 47.5 Å². The van der Waals surface area contributed by atoms with E-state index in [1.165, 1.54) is 6.07 Å². The monoisotopic (exact) mass is 528 g/mol.